The molecule has 0 radical (unpaired) electrons. The predicted molar refractivity (Wildman–Crippen MR) is 86.8 cm³/mol. The Hall–Kier alpha value is -2.67. The third kappa shape index (κ3) is 5.51. The number of hydrogen-bond acceptors (Lipinski definition) is 6. The molecule has 1 aromatic carbocycles. The van der Waals surface area contributed by atoms with Gasteiger partial charge in [0.15, 0.2) is 5.76 Å². The standard InChI is InChI=1S/C17H21N3O4/c1-23-16(21)8-7-13-10-14(24-20-13)11-19-17(22)15(18)9-12-5-3-2-4-6-12/h2-6,10,15H,7-9,11,18H2,1H3,(H,19,22)/t15-/m0/s1. The number of methoxy groups -OCH3 is 1. The quantitative estimate of drug-likeness (QED) is 0.698. The zero-order valence-corrected chi connectivity index (χ0v) is 13.5. The first-order valence-corrected chi connectivity index (χ1v) is 7.67. The lowest BCUT2D eigenvalue weighted by molar-refractivity contribution is -0.140. The molecule has 1 atom stereocenters. The molecule has 0 spiro atoms. The highest BCUT2D eigenvalue weighted by Crippen LogP contribution is 2.07. The number of aryl methyl sites for hydroxylation is 1. The van der Waals surface area contributed by atoms with Gasteiger partial charge in [-0.3, -0.25) is 9.59 Å². The van der Waals surface area contributed by atoms with E-state index in [9.17, 15) is 9.59 Å². The summed E-state index contributed by atoms with van der Waals surface area (Å²) >= 11 is 0. The summed E-state index contributed by atoms with van der Waals surface area (Å²) in [5.74, 6) is -0.0544. The summed E-state index contributed by atoms with van der Waals surface area (Å²) in [6.07, 6.45) is 1.13. The zero-order valence-electron chi connectivity index (χ0n) is 13.5. The molecule has 128 valence electrons. The van der Waals surface area contributed by atoms with Gasteiger partial charge in [0.2, 0.25) is 5.91 Å². The number of carbonyl (C=O) groups is 2. The molecule has 7 nitrogen and oxygen atoms in total. The Kier molecular flexibility index (Phi) is 6.51. The van der Waals surface area contributed by atoms with Crippen LogP contribution in [0.25, 0.3) is 0 Å². The van der Waals surface area contributed by atoms with Crippen molar-refractivity contribution in [2.75, 3.05) is 7.11 Å². The molecule has 0 unspecified atom stereocenters. The number of benzene rings is 1. The van der Waals surface area contributed by atoms with E-state index in [1.807, 2.05) is 30.3 Å². The zero-order chi connectivity index (χ0) is 17.4. The number of ether oxygens (including phenoxy) is 1. The highest BCUT2D eigenvalue weighted by Gasteiger charge is 2.15. The average Bonchev–Trinajstić information content (AvgIpc) is 3.06. The van der Waals surface area contributed by atoms with Crippen LogP contribution in [-0.4, -0.2) is 30.2 Å². The van der Waals surface area contributed by atoms with E-state index in [2.05, 4.69) is 15.2 Å². The molecule has 0 aliphatic rings. The highest BCUT2D eigenvalue weighted by atomic mass is 16.5. The van der Waals surface area contributed by atoms with Crippen LogP contribution in [0, 0.1) is 0 Å². The maximum atomic E-state index is 12.0. The number of amides is 1. The fourth-order valence-electron chi connectivity index (χ4n) is 2.16. The minimum Gasteiger partial charge on any atom is -0.469 e. The number of nitrogens with one attached hydrogen (secondary N) is 1. The predicted octanol–water partition coefficient (Wildman–Crippen LogP) is 0.966. The summed E-state index contributed by atoms with van der Waals surface area (Å²) in [5, 5.41) is 6.57. The molecule has 2 rings (SSSR count). The summed E-state index contributed by atoms with van der Waals surface area (Å²) in [4.78, 5) is 23.1. The van der Waals surface area contributed by atoms with Crippen LogP contribution in [0.3, 0.4) is 0 Å². The van der Waals surface area contributed by atoms with Gasteiger partial charge in [0.1, 0.15) is 0 Å². The third-order valence-corrected chi connectivity index (χ3v) is 3.49. The molecule has 1 heterocycles. The Morgan fingerprint density at radius 1 is 1.33 bits per heavy atom. The van der Waals surface area contributed by atoms with Crippen molar-refractivity contribution in [2.45, 2.75) is 31.8 Å². The van der Waals surface area contributed by atoms with E-state index >= 15 is 0 Å². The van der Waals surface area contributed by atoms with Gasteiger partial charge in [-0.05, 0) is 12.0 Å². The summed E-state index contributed by atoms with van der Waals surface area (Å²) in [6, 6.07) is 10.7. The van der Waals surface area contributed by atoms with Crippen molar-refractivity contribution < 1.29 is 18.8 Å². The van der Waals surface area contributed by atoms with Crippen LogP contribution in [0.5, 0.6) is 0 Å². The molecule has 0 aliphatic carbocycles. The Balaban J connectivity index is 1.77. The van der Waals surface area contributed by atoms with Gasteiger partial charge in [0, 0.05) is 12.5 Å². The number of rotatable bonds is 8. The first-order valence-electron chi connectivity index (χ1n) is 7.67. The largest absolute Gasteiger partial charge is 0.469 e. The van der Waals surface area contributed by atoms with Crippen LogP contribution in [0.1, 0.15) is 23.4 Å². The van der Waals surface area contributed by atoms with Crippen LogP contribution >= 0.6 is 0 Å². The molecular weight excluding hydrogens is 310 g/mol. The highest BCUT2D eigenvalue weighted by molar-refractivity contribution is 5.81. The lowest BCUT2D eigenvalue weighted by Crippen LogP contribution is -2.41. The van der Waals surface area contributed by atoms with E-state index in [1.54, 1.807) is 6.07 Å². The number of aromatic nitrogens is 1. The number of carbonyl (C=O) groups excluding carboxylic acids is 2. The monoisotopic (exact) mass is 331 g/mol. The molecule has 0 saturated heterocycles. The van der Waals surface area contributed by atoms with Crippen LogP contribution in [0.15, 0.2) is 40.9 Å². The Morgan fingerprint density at radius 3 is 2.79 bits per heavy atom. The van der Waals surface area contributed by atoms with E-state index in [4.69, 9.17) is 10.3 Å². The van der Waals surface area contributed by atoms with E-state index in [0.29, 0.717) is 24.3 Å². The maximum Gasteiger partial charge on any atom is 0.305 e. The van der Waals surface area contributed by atoms with Crippen molar-refractivity contribution in [1.82, 2.24) is 10.5 Å². The van der Waals surface area contributed by atoms with Gasteiger partial charge in [-0.15, -0.1) is 0 Å². The fourth-order valence-corrected chi connectivity index (χ4v) is 2.16. The molecule has 0 bridgehead atoms. The van der Waals surface area contributed by atoms with Crippen molar-refractivity contribution in [1.29, 1.82) is 0 Å². The molecule has 0 aliphatic heterocycles. The van der Waals surface area contributed by atoms with E-state index in [-0.39, 0.29) is 24.8 Å². The fraction of sp³-hybridized carbons (Fsp3) is 0.353. The van der Waals surface area contributed by atoms with Crippen molar-refractivity contribution in [3.05, 3.63) is 53.4 Å². The molecule has 1 aromatic heterocycles. The molecule has 24 heavy (non-hydrogen) atoms. The minimum absolute atomic E-state index is 0.201. The summed E-state index contributed by atoms with van der Waals surface area (Å²) in [6.45, 7) is 0.201. The number of nitrogens with two attached hydrogens (primary N) is 1. The maximum absolute atomic E-state index is 12.0. The second-order valence-electron chi connectivity index (χ2n) is 5.37. The minimum atomic E-state index is -0.630. The topological polar surface area (TPSA) is 107 Å². The molecular formula is C17H21N3O4. The van der Waals surface area contributed by atoms with Gasteiger partial charge in [-0.1, -0.05) is 35.5 Å². The van der Waals surface area contributed by atoms with Crippen molar-refractivity contribution in [3.8, 4) is 0 Å². The smallest absolute Gasteiger partial charge is 0.305 e. The SMILES string of the molecule is COC(=O)CCc1cc(CNC(=O)[C@@H](N)Cc2ccccc2)on1. The van der Waals surface area contributed by atoms with E-state index in [0.717, 1.165) is 5.56 Å². The number of hydrogen-bond donors (Lipinski definition) is 2. The number of nitrogens with zero attached hydrogens (tertiary/aromatic N) is 1. The van der Waals surface area contributed by atoms with Crippen LogP contribution in [0.2, 0.25) is 0 Å². The molecule has 7 heteroatoms. The van der Waals surface area contributed by atoms with Crippen molar-refractivity contribution >= 4 is 11.9 Å². The number of esters is 1. The van der Waals surface area contributed by atoms with Gasteiger partial charge < -0.3 is 20.3 Å². The van der Waals surface area contributed by atoms with Crippen molar-refractivity contribution in [3.63, 3.8) is 0 Å². The van der Waals surface area contributed by atoms with Gasteiger partial charge in [0.05, 0.1) is 31.8 Å². The molecule has 3 N–H and O–H groups in total. The third-order valence-electron chi connectivity index (χ3n) is 3.49. The first kappa shape index (κ1) is 17.7. The molecule has 1 amide bonds. The summed E-state index contributed by atoms with van der Waals surface area (Å²) in [7, 11) is 1.34. The summed E-state index contributed by atoms with van der Waals surface area (Å²) < 4.78 is 9.69. The van der Waals surface area contributed by atoms with E-state index < -0.39 is 6.04 Å². The Labute approximate surface area is 140 Å². The van der Waals surface area contributed by atoms with Gasteiger partial charge in [-0.2, -0.15) is 0 Å². The second-order valence-corrected chi connectivity index (χ2v) is 5.37. The average molecular weight is 331 g/mol. The molecule has 0 fully saturated rings. The Bertz CT molecular complexity index is 669. The summed E-state index contributed by atoms with van der Waals surface area (Å²) in [5.41, 5.74) is 7.55. The molecule has 0 saturated carbocycles. The van der Waals surface area contributed by atoms with Gasteiger partial charge in [0.25, 0.3) is 0 Å². The van der Waals surface area contributed by atoms with Gasteiger partial charge >= 0.3 is 5.97 Å². The van der Waals surface area contributed by atoms with E-state index in [1.165, 1.54) is 7.11 Å². The second kappa shape index (κ2) is 8.83. The van der Waals surface area contributed by atoms with Crippen LogP contribution in [0.4, 0.5) is 0 Å². The van der Waals surface area contributed by atoms with Gasteiger partial charge in [-0.25, -0.2) is 0 Å². The van der Waals surface area contributed by atoms with Crippen molar-refractivity contribution in [2.24, 2.45) is 5.73 Å². The lowest BCUT2D eigenvalue weighted by atomic mass is 10.1. The Morgan fingerprint density at radius 2 is 2.08 bits per heavy atom. The normalized spacial score (nSPS) is 11.8. The van der Waals surface area contributed by atoms with Crippen LogP contribution in [-0.2, 0) is 33.7 Å². The lowest BCUT2D eigenvalue weighted by Gasteiger charge is -2.11. The molecule has 2 aromatic rings. The first-order chi connectivity index (χ1) is 11.6. The van der Waals surface area contributed by atoms with Crippen LogP contribution < -0.4 is 11.1 Å².